The predicted octanol–water partition coefficient (Wildman–Crippen LogP) is 1.22. The lowest BCUT2D eigenvalue weighted by Gasteiger charge is -2.29. The van der Waals surface area contributed by atoms with Crippen molar-refractivity contribution in [3.8, 4) is 0 Å². The van der Waals surface area contributed by atoms with Crippen LogP contribution in [0.5, 0.6) is 0 Å². The lowest BCUT2D eigenvalue weighted by Crippen LogP contribution is -2.43. The number of anilines is 1. The van der Waals surface area contributed by atoms with Crippen LogP contribution in [0.2, 0.25) is 0 Å². The summed E-state index contributed by atoms with van der Waals surface area (Å²) in [6.45, 7) is 6.48. The van der Waals surface area contributed by atoms with E-state index in [1.807, 2.05) is 0 Å². The molecule has 4 rings (SSSR count). The summed E-state index contributed by atoms with van der Waals surface area (Å²) in [4.78, 5) is 6.05. The monoisotopic (exact) mass is 256 g/mol. The number of fused-ring (bicyclic) bond motifs is 3. The minimum Gasteiger partial charge on any atom is -0.369 e. The Labute approximate surface area is 113 Å². The molecule has 0 radical (unpaired) electrons. The van der Waals surface area contributed by atoms with Crippen molar-refractivity contribution in [2.45, 2.75) is 13.0 Å². The van der Waals surface area contributed by atoms with Crippen LogP contribution in [0.3, 0.4) is 0 Å². The Hall–Kier alpha value is -1.52. The van der Waals surface area contributed by atoms with Gasteiger partial charge in [-0.1, -0.05) is 0 Å². The van der Waals surface area contributed by atoms with Crippen molar-refractivity contribution >= 4 is 16.6 Å². The highest BCUT2D eigenvalue weighted by atomic mass is 15.2. The van der Waals surface area contributed by atoms with E-state index in [1.54, 1.807) is 0 Å². The first-order chi connectivity index (χ1) is 9.42. The second kappa shape index (κ2) is 4.54. The van der Waals surface area contributed by atoms with Crippen molar-refractivity contribution in [2.75, 3.05) is 37.6 Å². The van der Waals surface area contributed by atoms with Crippen LogP contribution in [0.15, 0.2) is 18.2 Å². The van der Waals surface area contributed by atoms with Crippen LogP contribution in [0.4, 0.5) is 5.69 Å². The van der Waals surface area contributed by atoms with Gasteiger partial charge in [-0.3, -0.25) is 0 Å². The van der Waals surface area contributed by atoms with Gasteiger partial charge in [0.25, 0.3) is 0 Å². The van der Waals surface area contributed by atoms with Gasteiger partial charge in [0.15, 0.2) is 0 Å². The summed E-state index contributed by atoms with van der Waals surface area (Å²) in [7, 11) is 0. The number of nitrogens with one attached hydrogen (secondary N) is 3. The second-order valence-corrected chi connectivity index (χ2v) is 5.48. The van der Waals surface area contributed by atoms with Crippen LogP contribution in [0.1, 0.15) is 11.3 Å². The Kier molecular flexibility index (Phi) is 2.71. The summed E-state index contributed by atoms with van der Waals surface area (Å²) >= 11 is 0. The van der Waals surface area contributed by atoms with Gasteiger partial charge in [-0.2, -0.15) is 0 Å². The largest absolute Gasteiger partial charge is 0.369 e. The summed E-state index contributed by atoms with van der Waals surface area (Å²) < 4.78 is 0. The van der Waals surface area contributed by atoms with Gasteiger partial charge in [0, 0.05) is 68.0 Å². The molecule has 19 heavy (non-hydrogen) atoms. The molecular weight excluding hydrogens is 236 g/mol. The van der Waals surface area contributed by atoms with Crippen molar-refractivity contribution in [3.63, 3.8) is 0 Å². The van der Waals surface area contributed by atoms with E-state index in [0.717, 1.165) is 45.7 Å². The van der Waals surface area contributed by atoms with Crippen LogP contribution < -0.4 is 15.5 Å². The van der Waals surface area contributed by atoms with Gasteiger partial charge in [-0.05, 0) is 23.8 Å². The maximum Gasteiger partial charge on any atom is 0.0460 e. The van der Waals surface area contributed by atoms with Crippen molar-refractivity contribution in [1.29, 1.82) is 0 Å². The molecule has 0 aliphatic carbocycles. The third kappa shape index (κ3) is 1.91. The molecule has 0 atom stereocenters. The zero-order chi connectivity index (χ0) is 12.7. The van der Waals surface area contributed by atoms with Crippen molar-refractivity contribution in [3.05, 3.63) is 29.5 Å². The lowest BCUT2D eigenvalue weighted by atomic mass is 10.1. The van der Waals surface area contributed by atoms with E-state index in [0.29, 0.717) is 0 Å². The smallest absolute Gasteiger partial charge is 0.0460 e. The van der Waals surface area contributed by atoms with E-state index in [9.17, 15) is 0 Å². The quantitative estimate of drug-likeness (QED) is 0.719. The summed E-state index contributed by atoms with van der Waals surface area (Å²) in [6.07, 6.45) is 1.12. The zero-order valence-corrected chi connectivity index (χ0v) is 11.1. The molecule has 2 aliphatic rings. The molecule has 0 bridgehead atoms. The molecule has 0 amide bonds. The number of hydrogen-bond donors (Lipinski definition) is 3. The maximum absolute atomic E-state index is 3.58. The van der Waals surface area contributed by atoms with Crippen molar-refractivity contribution < 1.29 is 0 Å². The fraction of sp³-hybridized carbons (Fsp3) is 0.467. The molecule has 1 fully saturated rings. The average molecular weight is 256 g/mol. The Morgan fingerprint density at radius 3 is 2.79 bits per heavy atom. The van der Waals surface area contributed by atoms with E-state index in [-0.39, 0.29) is 0 Å². The molecule has 3 heterocycles. The first kappa shape index (κ1) is 11.3. The van der Waals surface area contributed by atoms with E-state index >= 15 is 0 Å². The van der Waals surface area contributed by atoms with Gasteiger partial charge < -0.3 is 20.5 Å². The minimum absolute atomic E-state index is 1.00. The van der Waals surface area contributed by atoms with Gasteiger partial charge in [-0.25, -0.2) is 0 Å². The lowest BCUT2D eigenvalue weighted by molar-refractivity contribution is 0.589. The number of aromatic amines is 1. The highest BCUT2D eigenvalue weighted by Gasteiger charge is 2.17. The standard InChI is InChI=1S/C15H20N4/c1-2-14-12(13-10-17-4-3-15(13)18-14)9-11(1)19-7-5-16-6-8-19/h1-2,9,16-18H,3-8,10H2. The Balaban J connectivity index is 1.77. The van der Waals surface area contributed by atoms with Gasteiger partial charge in [0.05, 0.1) is 0 Å². The molecule has 0 unspecified atom stereocenters. The molecule has 3 N–H and O–H groups in total. The topological polar surface area (TPSA) is 43.1 Å². The van der Waals surface area contributed by atoms with Crippen LogP contribution in [-0.4, -0.2) is 37.7 Å². The van der Waals surface area contributed by atoms with E-state index < -0.39 is 0 Å². The number of H-pyrrole nitrogens is 1. The predicted molar refractivity (Wildman–Crippen MR) is 78.8 cm³/mol. The summed E-state index contributed by atoms with van der Waals surface area (Å²) in [5, 5.41) is 8.28. The first-order valence-electron chi connectivity index (χ1n) is 7.22. The summed E-state index contributed by atoms with van der Waals surface area (Å²) in [5.74, 6) is 0. The molecule has 1 saturated heterocycles. The van der Waals surface area contributed by atoms with E-state index in [1.165, 1.54) is 27.8 Å². The van der Waals surface area contributed by atoms with Crippen molar-refractivity contribution in [2.24, 2.45) is 0 Å². The zero-order valence-electron chi connectivity index (χ0n) is 11.1. The highest BCUT2D eigenvalue weighted by Crippen LogP contribution is 2.29. The molecular formula is C15H20N4. The van der Waals surface area contributed by atoms with E-state index in [4.69, 9.17) is 0 Å². The van der Waals surface area contributed by atoms with Gasteiger partial charge in [0.1, 0.15) is 0 Å². The highest BCUT2D eigenvalue weighted by molar-refractivity contribution is 5.88. The molecule has 4 heteroatoms. The number of piperazine rings is 1. The normalized spacial score (nSPS) is 19.7. The number of nitrogens with zero attached hydrogens (tertiary/aromatic N) is 1. The van der Waals surface area contributed by atoms with Gasteiger partial charge in [0.2, 0.25) is 0 Å². The Morgan fingerprint density at radius 1 is 1.00 bits per heavy atom. The van der Waals surface area contributed by atoms with Crippen LogP contribution in [0, 0.1) is 0 Å². The van der Waals surface area contributed by atoms with E-state index in [2.05, 4.69) is 38.7 Å². The van der Waals surface area contributed by atoms with Gasteiger partial charge in [-0.15, -0.1) is 0 Å². The average Bonchev–Trinajstić information content (AvgIpc) is 2.86. The third-order valence-corrected chi connectivity index (χ3v) is 4.31. The number of rotatable bonds is 1. The Morgan fingerprint density at radius 2 is 1.89 bits per heavy atom. The Bertz CT molecular complexity index is 595. The van der Waals surface area contributed by atoms with Crippen LogP contribution in [-0.2, 0) is 13.0 Å². The number of hydrogen-bond acceptors (Lipinski definition) is 3. The van der Waals surface area contributed by atoms with Crippen LogP contribution >= 0.6 is 0 Å². The summed E-state index contributed by atoms with van der Waals surface area (Å²) in [6, 6.07) is 6.86. The SMILES string of the molecule is c1cc2[nH]c3c(c2cc1N1CCNCC1)CNCC3. The first-order valence-corrected chi connectivity index (χ1v) is 7.22. The molecule has 0 saturated carbocycles. The molecule has 100 valence electrons. The number of benzene rings is 1. The summed E-state index contributed by atoms with van der Waals surface area (Å²) in [5.41, 5.74) is 5.54. The number of aromatic nitrogens is 1. The molecule has 4 nitrogen and oxygen atoms in total. The molecule has 1 aromatic carbocycles. The third-order valence-electron chi connectivity index (χ3n) is 4.31. The van der Waals surface area contributed by atoms with Crippen LogP contribution in [0.25, 0.3) is 10.9 Å². The molecule has 0 spiro atoms. The van der Waals surface area contributed by atoms with Crippen molar-refractivity contribution in [1.82, 2.24) is 15.6 Å². The fourth-order valence-electron chi connectivity index (χ4n) is 3.25. The van der Waals surface area contributed by atoms with Gasteiger partial charge >= 0.3 is 0 Å². The molecule has 2 aliphatic heterocycles. The fourth-order valence-corrected chi connectivity index (χ4v) is 3.25. The minimum atomic E-state index is 1.00. The molecule has 2 aromatic rings. The maximum atomic E-state index is 3.58. The second-order valence-electron chi connectivity index (χ2n) is 5.48. The molecule has 1 aromatic heterocycles.